The van der Waals surface area contributed by atoms with Crippen molar-refractivity contribution in [2.24, 2.45) is 0 Å². The van der Waals surface area contributed by atoms with Gasteiger partial charge in [0, 0.05) is 17.1 Å². The maximum atomic E-state index is 10.4. The molecule has 0 aromatic rings. The van der Waals surface area contributed by atoms with Crippen molar-refractivity contribution >= 4 is 0 Å². The Hall–Kier alpha value is -0.120. The van der Waals surface area contributed by atoms with E-state index in [2.05, 4.69) is 39.9 Å². The smallest absolute Gasteiger partial charge is 0.0425 e. The zero-order valence-electron chi connectivity index (χ0n) is 21.4. The van der Waals surface area contributed by atoms with Gasteiger partial charge in [-0.1, -0.05) is 103 Å². The highest BCUT2D eigenvalue weighted by Gasteiger charge is 2.44. The monoisotopic (exact) mass is 424 g/mol. The average molecular weight is 425 g/mol. The lowest BCUT2D eigenvalue weighted by molar-refractivity contribution is -0.246. The van der Waals surface area contributed by atoms with Gasteiger partial charge in [0.2, 0.25) is 0 Å². The molecule has 0 spiro atoms. The standard InChI is InChI=1S/C27H56N2O/c1-6-7-8-9-10-11-12-13-14-15-16-17-18-19-20-21-22-28-25-23-26(2,3)29(30)27(4,5)24-25/h25,28,30H,6-24H2,1-5H3. The fourth-order valence-electron chi connectivity index (χ4n) is 5.39. The van der Waals surface area contributed by atoms with Gasteiger partial charge < -0.3 is 10.5 Å². The molecule has 0 radical (unpaired) electrons. The van der Waals surface area contributed by atoms with Gasteiger partial charge in [-0.3, -0.25) is 0 Å². The van der Waals surface area contributed by atoms with Crippen LogP contribution in [0.15, 0.2) is 0 Å². The fourth-order valence-corrected chi connectivity index (χ4v) is 5.39. The molecule has 3 heteroatoms. The molecule has 180 valence electrons. The molecule has 0 aromatic heterocycles. The molecule has 1 heterocycles. The summed E-state index contributed by atoms with van der Waals surface area (Å²) in [5.41, 5.74) is -0.290. The first-order valence-corrected chi connectivity index (χ1v) is 13.5. The highest BCUT2D eigenvalue weighted by Crippen LogP contribution is 2.36. The van der Waals surface area contributed by atoms with E-state index in [1.807, 2.05) is 0 Å². The van der Waals surface area contributed by atoms with Crippen LogP contribution >= 0.6 is 0 Å². The Labute approximate surface area is 189 Å². The molecule has 0 unspecified atom stereocenters. The van der Waals surface area contributed by atoms with Crippen molar-refractivity contribution in [1.29, 1.82) is 0 Å². The Balaban J connectivity index is 1.86. The Bertz CT molecular complexity index is 390. The average Bonchev–Trinajstić information content (AvgIpc) is 2.68. The third kappa shape index (κ3) is 12.1. The summed E-state index contributed by atoms with van der Waals surface area (Å²) in [5, 5.41) is 15.7. The summed E-state index contributed by atoms with van der Waals surface area (Å²) in [4.78, 5) is 0. The number of unbranched alkanes of at least 4 members (excludes halogenated alkanes) is 15. The summed E-state index contributed by atoms with van der Waals surface area (Å²) < 4.78 is 0. The van der Waals surface area contributed by atoms with Gasteiger partial charge in [0.05, 0.1) is 0 Å². The normalized spacial score (nSPS) is 19.4. The van der Waals surface area contributed by atoms with E-state index in [-0.39, 0.29) is 11.1 Å². The van der Waals surface area contributed by atoms with Crippen LogP contribution in [0.1, 0.15) is 150 Å². The second-order valence-electron chi connectivity index (χ2n) is 11.3. The molecular weight excluding hydrogens is 368 g/mol. The van der Waals surface area contributed by atoms with E-state index in [9.17, 15) is 5.21 Å². The lowest BCUT2D eigenvalue weighted by Gasteiger charge is -2.51. The van der Waals surface area contributed by atoms with Gasteiger partial charge in [-0.2, -0.15) is 5.06 Å². The van der Waals surface area contributed by atoms with Crippen LogP contribution in [0.25, 0.3) is 0 Å². The largest absolute Gasteiger partial charge is 0.314 e. The molecule has 0 amide bonds. The van der Waals surface area contributed by atoms with Gasteiger partial charge >= 0.3 is 0 Å². The van der Waals surface area contributed by atoms with Crippen LogP contribution in [0, 0.1) is 0 Å². The first-order valence-electron chi connectivity index (χ1n) is 13.5. The number of nitrogens with zero attached hydrogens (tertiary/aromatic N) is 1. The first-order chi connectivity index (χ1) is 14.3. The zero-order valence-corrected chi connectivity index (χ0v) is 21.4. The number of hydrogen-bond donors (Lipinski definition) is 2. The Morgan fingerprint density at radius 3 is 1.33 bits per heavy atom. The summed E-state index contributed by atoms with van der Waals surface area (Å²) in [6.07, 6.45) is 24.8. The van der Waals surface area contributed by atoms with Crippen LogP contribution in [-0.2, 0) is 0 Å². The maximum Gasteiger partial charge on any atom is 0.0425 e. The first kappa shape index (κ1) is 27.9. The van der Waals surface area contributed by atoms with Gasteiger partial charge in [-0.05, 0) is 53.5 Å². The Kier molecular flexibility index (Phi) is 14.6. The predicted octanol–water partition coefficient (Wildman–Crippen LogP) is 8.25. The fraction of sp³-hybridized carbons (Fsp3) is 1.00. The summed E-state index contributed by atoms with van der Waals surface area (Å²) >= 11 is 0. The van der Waals surface area contributed by atoms with Crippen LogP contribution in [0.3, 0.4) is 0 Å². The predicted molar refractivity (Wildman–Crippen MR) is 132 cm³/mol. The van der Waals surface area contributed by atoms with E-state index in [1.165, 1.54) is 103 Å². The van der Waals surface area contributed by atoms with E-state index in [0.29, 0.717) is 6.04 Å². The molecule has 0 atom stereocenters. The van der Waals surface area contributed by atoms with E-state index in [4.69, 9.17) is 0 Å². The van der Waals surface area contributed by atoms with Crippen molar-refractivity contribution in [2.75, 3.05) is 6.54 Å². The lowest BCUT2D eigenvalue weighted by Crippen LogP contribution is -2.62. The molecule has 1 aliphatic rings. The lowest BCUT2D eigenvalue weighted by atomic mass is 9.79. The molecule has 30 heavy (non-hydrogen) atoms. The van der Waals surface area contributed by atoms with Crippen LogP contribution in [0.4, 0.5) is 0 Å². The highest BCUT2D eigenvalue weighted by molar-refractivity contribution is 4.98. The van der Waals surface area contributed by atoms with E-state index in [1.54, 1.807) is 5.06 Å². The Morgan fingerprint density at radius 1 is 0.633 bits per heavy atom. The minimum atomic E-state index is -0.145. The number of rotatable bonds is 18. The van der Waals surface area contributed by atoms with E-state index >= 15 is 0 Å². The molecule has 1 saturated heterocycles. The molecule has 1 fully saturated rings. The van der Waals surface area contributed by atoms with E-state index < -0.39 is 0 Å². The quantitative estimate of drug-likeness (QED) is 0.217. The van der Waals surface area contributed by atoms with E-state index in [0.717, 1.165) is 19.4 Å². The molecule has 2 N–H and O–H groups in total. The third-order valence-corrected chi connectivity index (χ3v) is 7.10. The molecule has 0 aromatic carbocycles. The molecule has 0 bridgehead atoms. The van der Waals surface area contributed by atoms with Crippen molar-refractivity contribution in [1.82, 2.24) is 10.4 Å². The maximum absolute atomic E-state index is 10.4. The summed E-state index contributed by atoms with van der Waals surface area (Å²) in [5.74, 6) is 0. The molecular formula is C27H56N2O. The number of hydrogen-bond acceptors (Lipinski definition) is 3. The van der Waals surface area contributed by atoms with Gasteiger partial charge in [0.25, 0.3) is 0 Å². The van der Waals surface area contributed by atoms with Crippen molar-refractivity contribution in [3.63, 3.8) is 0 Å². The zero-order chi connectivity index (χ0) is 22.3. The van der Waals surface area contributed by atoms with Crippen LogP contribution in [0.2, 0.25) is 0 Å². The minimum absolute atomic E-state index is 0.145. The summed E-state index contributed by atoms with van der Waals surface area (Å²) in [6.45, 7) is 12.0. The van der Waals surface area contributed by atoms with Gasteiger partial charge in [0.15, 0.2) is 0 Å². The SMILES string of the molecule is CCCCCCCCCCCCCCCCCCNC1CC(C)(C)N(O)C(C)(C)C1. The molecule has 1 aliphatic heterocycles. The second kappa shape index (κ2) is 15.6. The van der Waals surface area contributed by atoms with Crippen LogP contribution in [0.5, 0.6) is 0 Å². The van der Waals surface area contributed by atoms with Gasteiger partial charge in [0.1, 0.15) is 0 Å². The molecule has 0 aliphatic carbocycles. The van der Waals surface area contributed by atoms with Crippen LogP contribution in [-0.4, -0.2) is 33.9 Å². The Morgan fingerprint density at radius 2 is 0.967 bits per heavy atom. The molecule has 1 rings (SSSR count). The number of piperidine rings is 1. The summed E-state index contributed by atoms with van der Waals surface area (Å²) in [7, 11) is 0. The topological polar surface area (TPSA) is 35.5 Å². The van der Waals surface area contributed by atoms with Crippen molar-refractivity contribution in [2.45, 2.75) is 167 Å². The van der Waals surface area contributed by atoms with Crippen molar-refractivity contribution in [3.8, 4) is 0 Å². The van der Waals surface area contributed by atoms with Gasteiger partial charge in [-0.15, -0.1) is 0 Å². The number of nitrogens with one attached hydrogen (secondary N) is 1. The third-order valence-electron chi connectivity index (χ3n) is 7.10. The van der Waals surface area contributed by atoms with Gasteiger partial charge in [-0.25, -0.2) is 0 Å². The minimum Gasteiger partial charge on any atom is -0.314 e. The van der Waals surface area contributed by atoms with Crippen molar-refractivity contribution in [3.05, 3.63) is 0 Å². The molecule has 3 nitrogen and oxygen atoms in total. The molecule has 0 saturated carbocycles. The highest BCUT2D eigenvalue weighted by atomic mass is 16.5. The van der Waals surface area contributed by atoms with Crippen molar-refractivity contribution < 1.29 is 5.21 Å². The van der Waals surface area contributed by atoms with Crippen LogP contribution < -0.4 is 5.32 Å². The number of hydroxylamine groups is 2. The second-order valence-corrected chi connectivity index (χ2v) is 11.3. The summed E-state index contributed by atoms with van der Waals surface area (Å²) in [6, 6.07) is 0.523.